The second kappa shape index (κ2) is 6.62. The normalized spacial score (nSPS) is 18.0. The molecule has 2 aromatic rings. The van der Waals surface area contributed by atoms with Crippen LogP contribution in [0.4, 0.5) is 24.9 Å². The highest BCUT2D eigenvalue weighted by Crippen LogP contribution is 2.29. The number of anilines is 2. The maximum absolute atomic E-state index is 12.7. The SMILES string of the molecule is Cc1ccc(NC[C@H]2CCN(c3nccc(C(F)(F)F)n3)C2)nc1. The molecule has 3 heterocycles. The lowest BCUT2D eigenvalue weighted by molar-refractivity contribution is -0.141. The molecule has 5 nitrogen and oxygen atoms in total. The third-order valence-corrected chi connectivity index (χ3v) is 3.99. The minimum atomic E-state index is -4.45. The van der Waals surface area contributed by atoms with Crippen molar-refractivity contribution in [3.63, 3.8) is 0 Å². The average Bonchev–Trinajstić information content (AvgIpc) is 3.03. The van der Waals surface area contributed by atoms with Crippen LogP contribution in [0.3, 0.4) is 0 Å². The lowest BCUT2D eigenvalue weighted by Crippen LogP contribution is -2.25. The lowest BCUT2D eigenvalue weighted by atomic mass is 10.1. The van der Waals surface area contributed by atoms with Crippen LogP contribution in [-0.4, -0.2) is 34.6 Å². The van der Waals surface area contributed by atoms with Gasteiger partial charge in [-0.3, -0.25) is 0 Å². The molecule has 0 aliphatic carbocycles. The summed E-state index contributed by atoms with van der Waals surface area (Å²) in [5.74, 6) is 1.25. The van der Waals surface area contributed by atoms with E-state index in [4.69, 9.17) is 0 Å². The molecule has 2 aromatic heterocycles. The molecule has 0 aromatic carbocycles. The van der Waals surface area contributed by atoms with E-state index in [1.54, 1.807) is 11.1 Å². The molecule has 0 radical (unpaired) electrons. The summed E-state index contributed by atoms with van der Waals surface area (Å²) in [5.41, 5.74) is 0.187. The van der Waals surface area contributed by atoms with Gasteiger partial charge >= 0.3 is 6.18 Å². The summed E-state index contributed by atoms with van der Waals surface area (Å²) in [4.78, 5) is 13.7. The Kier molecular flexibility index (Phi) is 4.55. The molecule has 3 rings (SSSR count). The van der Waals surface area contributed by atoms with Crippen molar-refractivity contribution in [3.05, 3.63) is 41.9 Å². The largest absolute Gasteiger partial charge is 0.433 e. The van der Waals surface area contributed by atoms with Gasteiger partial charge in [-0.15, -0.1) is 0 Å². The minimum absolute atomic E-state index is 0.140. The van der Waals surface area contributed by atoms with Crippen LogP contribution in [0.15, 0.2) is 30.6 Å². The quantitative estimate of drug-likeness (QED) is 0.929. The van der Waals surface area contributed by atoms with Crippen molar-refractivity contribution in [2.75, 3.05) is 29.9 Å². The summed E-state index contributed by atoms with van der Waals surface area (Å²) in [5, 5.41) is 3.26. The summed E-state index contributed by atoms with van der Waals surface area (Å²) in [7, 11) is 0. The van der Waals surface area contributed by atoms with Crippen LogP contribution >= 0.6 is 0 Å². The average molecular weight is 337 g/mol. The fourth-order valence-corrected chi connectivity index (χ4v) is 2.66. The molecule has 0 bridgehead atoms. The Hall–Kier alpha value is -2.38. The fraction of sp³-hybridized carbons (Fsp3) is 0.438. The first-order valence-electron chi connectivity index (χ1n) is 7.73. The van der Waals surface area contributed by atoms with Gasteiger partial charge in [-0.2, -0.15) is 13.2 Å². The van der Waals surface area contributed by atoms with E-state index in [2.05, 4.69) is 20.3 Å². The molecular weight excluding hydrogens is 319 g/mol. The molecule has 1 saturated heterocycles. The summed E-state index contributed by atoms with van der Waals surface area (Å²) in [6, 6.07) is 4.78. The van der Waals surface area contributed by atoms with Crippen molar-refractivity contribution in [2.24, 2.45) is 5.92 Å². The third kappa shape index (κ3) is 3.93. The van der Waals surface area contributed by atoms with E-state index in [0.29, 0.717) is 25.6 Å². The Bertz CT molecular complexity index is 687. The molecule has 1 N–H and O–H groups in total. The van der Waals surface area contributed by atoms with Crippen LogP contribution in [-0.2, 0) is 6.18 Å². The van der Waals surface area contributed by atoms with Gasteiger partial charge in [0.2, 0.25) is 5.95 Å². The lowest BCUT2D eigenvalue weighted by Gasteiger charge is -2.17. The number of rotatable bonds is 4. The van der Waals surface area contributed by atoms with Crippen molar-refractivity contribution in [3.8, 4) is 0 Å². The highest BCUT2D eigenvalue weighted by molar-refractivity contribution is 5.36. The number of hydrogen-bond acceptors (Lipinski definition) is 5. The van der Waals surface area contributed by atoms with Gasteiger partial charge in [0.1, 0.15) is 11.5 Å². The predicted octanol–water partition coefficient (Wildman–Crippen LogP) is 3.14. The van der Waals surface area contributed by atoms with Gasteiger partial charge in [0.25, 0.3) is 0 Å². The Labute approximate surface area is 138 Å². The van der Waals surface area contributed by atoms with Gasteiger partial charge in [-0.05, 0) is 37.0 Å². The van der Waals surface area contributed by atoms with Gasteiger partial charge in [-0.25, -0.2) is 15.0 Å². The zero-order valence-corrected chi connectivity index (χ0v) is 13.2. The Morgan fingerprint density at radius 3 is 2.79 bits per heavy atom. The van der Waals surface area contributed by atoms with Crippen LogP contribution in [0, 0.1) is 12.8 Å². The van der Waals surface area contributed by atoms with Crippen LogP contribution in [0.25, 0.3) is 0 Å². The number of aryl methyl sites for hydroxylation is 1. The molecule has 0 spiro atoms. The summed E-state index contributed by atoms with van der Waals surface area (Å²) < 4.78 is 38.2. The second-order valence-electron chi connectivity index (χ2n) is 5.94. The van der Waals surface area contributed by atoms with Gasteiger partial charge in [0.05, 0.1) is 0 Å². The molecule has 8 heteroatoms. The van der Waals surface area contributed by atoms with Crippen molar-refractivity contribution in [1.29, 1.82) is 0 Å². The zero-order valence-electron chi connectivity index (χ0n) is 13.2. The molecular formula is C16H18F3N5. The maximum atomic E-state index is 12.7. The molecule has 1 aliphatic heterocycles. The topological polar surface area (TPSA) is 53.9 Å². The fourth-order valence-electron chi connectivity index (χ4n) is 2.66. The second-order valence-corrected chi connectivity index (χ2v) is 5.94. The van der Waals surface area contributed by atoms with E-state index in [-0.39, 0.29) is 5.95 Å². The van der Waals surface area contributed by atoms with Crippen LogP contribution in [0.1, 0.15) is 17.7 Å². The summed E-state index contributed by atoms with van der Waals surface area (Å²) >= 11 is 0. The van der Waals surface area contributed by atoms with E-state index in [9.17, 15) is 13.2 Å². The van der Waals surface area contributed by atoms with E-state index < -0.39 is 11.9 Å². The van der Waals surface area contributed by atoms with E-state index in [1.807, 2.05) is 19.1 Å². The molecule has 1 atom stereocenters. The van der Waals surface area contributed by atoms with E-state index >= 15 is 0 Å². The van der Waals surface area contributed by atoms with Crippen LogP contribution < -0.4 is 10.2 Å². The smallest absolute Gasteiger partial charge is 0.370 e. The number of pyridine rings is 1. The first-order chi connectivity index (χ1) is 11.4. The van der Waals surface area contributed by atoms with Gasteiger partial charge in [-0.1, -0.05) is 6.07 Å². The van der Waals surface area contributed by atoms with Gasteiger partial charge in [0, 0.05) is 32.0 Å². The van der Waals surface area contributed by atoms with Gasteiger partial charge < -0.3 is 10.2 Å². The minimum Gasteiger partial charge on any atom is -0.370 e. The number of nitrogens with one attached hydrogen (secondary N) is 1. The number of hydrogen-bond donors (Lipinski definition) is 1. The van der Waals surface area contributed by atoms with Crippen LogP contribution in [0.5, 0.6) is 0 Å². The molecule has 0 amide bonds. The molecule has 0 unspecified atom stereocenters. The van der Waals surface area contributed by atoms with E-state index in [0.717, 1.165) is 30.1 Å². The third-order valence-electron chi connectivity index (χ3n) is 3.99. The molecule has 1 fully saturated rings. The highest BCUT2D eigenvalue weighted by Gasteiger charge is 2.34. The van der Waals surface area contributed by atoms with Gasteiger partial charge in [0.15, 0.2) is 0 Å². The van der Waals surface area contributed by atoms with Crippen molar-refractivity contribution < 1.29 is 13.2 Å². The van der Waals surface area contributed by atoms with E-state index in [1.165, 1.54) is 0 Å². The number of alkyl halides is 3. The van der Waals surface area contributed by atoms with Crippen molar-refractivity contribution in [1.82, 2.24) is 15.0 Å². The highest BCUT2D eigenvalue weighted by atomic mass is 19.4. The first kappa shape index (κ1) is 16.5. The maximum Gasteiger partial charge on any atom is 0.433 e. The summed E-state index contributed by atoms with van der Waals surface area (Å²) in [6.07, 6.45) is -0.624. The Morgan fingerprint density at radius 2 is 2.08 bits per heavy atom. The summed E-state index contributed by atoms with van der Waals surface area (Å²) in [6.45, 7) is 3.96. The molecule has 0 saturated carbocycles. The number of aromatic nitrogens is 3. The van der Waals surface area contributed by atoms with Crippen molar-refractivity contribution >= 4 is 11.8 Å². The Balaban J connectivity index is 1.58. The first-order valence-corrected chi connectivity index (χ1v) is 7.73. The predicted molar refractivity (Wildman–Crippen MR) is 84.8 cm³/mol. The molecule has 1 aliphatic rings. The monoisotopic (exact) mass is 337 g/mol. The van der Waals surface area contributed by atoms with Crippen LogP contribution in [0.2, 0.25) is 0 Å². The standard InChI is InChI=1S/C16H18F3N5/c1-11-2-3-14(21-8-11)22-9-12-5-7-24(10-12)15-20-6-4-13(23-15)16(17,18)19/h2-4,6,8,12H,5,7,9-10H2,1H3,(H,21,22)/t12-/m1/s1. The number of halogens is 3. The Morgan fingerprint density at radius 1 is 1.25 bits per heavy atom. The zero-order chi connectivity index (χ0) is 17.2. The molecule has 24 heavy (non-hydrogen) atoms. The number of nitrogens with zero attached hydrogens (tertiary/aromatic N) is 4. The molecule has 128 valence electrons. The van der Waals surface area contributed by atoms with Crippen molar-refractivity contribution in [2.45, 2.75) is 19.5 Å².